The van der Waals surface area contributed by atoms with Crippen LogP contribution < -0.4 is 0 Å². The van der Waals surface area contributed by atoms with Crippen LogP contribution >= 0.6 is 11.8 Å². The van der Waals surface area contributed by atoms with Crippen molar-refractivity contribution in [3.8, 4) is 6.07 Å². The quantitative estimate of drug-likeness (QED) is 0.823. The van der Waals surface area contributed by atoms with E-state index >= 15 is 0 Å². The summed E-state index contributed by atoms with van der Waals surface area (Å²) < 4.78 is 15.4. The number of hydrogen-bond acceptors (Lipinski definition) is 3. The lowest BCUT2D eigenvalue weighted by atomic mass is 10.1. The Balaban J connectivity index is 2.47. The van der Waals surface area contributed by atoms with Crippen LogP contribution in [0.4, 0.5) is 4.39 Å². The van der Waals surface area contributed by atoms with Gasteiger partial charge in [0.15, 0.2) is 0 Å². The minimum absolute atomic E-state index is 0.245. The first-order chi connectivity index (χ1) is 10.1. The molecular weight excluding hydrogens is 285 g/mol. The molecule has 0 aliphatic heterocycles. The SMILES string of the molecule is CCn1c(CC#N)nc(C(C)C)c1Sc1cccc(F)c1. The number of rotatable bonds is 5. The van der Waals surface area contributed by atoms with Gasteiger partial charge >= 0.3 is 0 Å². The molecule has 5 heteroatoms. The fraction of sp³-hybridized carbons (Fsp3) is 0.375. The third-order valence-electron chi connectivity index (χ3n) is 3.14. The van der Waals surface area contributed by atoms with Crippen LogP contribution in [0.25, 0.3) is 0 Å². The highest BCUT2D eigenvalue weighted by Gasteiger charge is 2.19. The van der Waals surface area contributed by atoms with Crippen LogP contribution in [-0.4, -0.2) is 9.55 Å². The van der Waals surface area contributed by atoms with Crippen molar-refractivity contribution in [2.45, 2.75) is 49.6 Å². The van der Waals surface area contributed by atoms with Gasteiger partial charge in [0.25, 0.3) is 0 Å². The molecule has 110 valence electrons. The number of hydrogen-bond donors (Lipinski definition) is 0. The average molecular weight is 303 g/mol. The highest BCUT2D eigenvalue weighted by Crippen LogP contribution is 2.35. The summed E-state index contributed by atoms with van der Waals surface area (Å²) in [6, 6.07) is 8.70. The van der Waals surface area contributed by atoms with Crippen LogP contribution in [0.15, 0.2) is 34.2 Å². The van der Waals surface area contributed by atoms with Crippen LogP contribution in [0.2, 0.25) is 0 Å². The first-order valence-corrected chi connectivity index (χ1v) is 7.78. The van der Waals surface area contributed by atoms with Crippen LogP contribution in [0.5, 0.6) is 0 Å². The van der Waals surface area contributed by atoms with Gasteiger partial charge in [-0.1, -0.05) is 31.7 Å². The van der Waals surface area contributed by atoms with Crippen molar-refractivity contribution >= 4 is 11.8 Å². The Kier molecular flexibility index (Phi) is 5.03. The predicted octanol–water partition coefficient (Wildman–Crippen LogP) is 4.38. The van der Waals surface area contributed by atoms with Gasteiger partial charge < -0.3 is 4.57 Å². The van der Waals surface area contributed by atoms with E-state index in [1.165, 1.54) is 23.9 Å². The lowest BCUT2D eigenvalue weighted by Gasteiger charge is -2.10. The van der Waals surface area contributed by atoms with E-state index in [4.69, 9.17) is 5.26 Å². The summed E-state index contributed by atoms with van der Waals surface area (Å²) in [6.45, 7) is 6.93. The van der Waals surface area contributed by atoms with Gasteiger partial charge in [-0.2, -0.15) is 5.26 Å². The molecule has 0 atom stereocenters. The second-order valence-corrected chi connectivity index (χ2v) is 6.07. The lowest BCUT2D eigenvalue weighted by Crippen LogP contribution is -2.02. The van der Waals surface area contributed by atoms with E-state index in [0.29, 0.717) is 0 Å². The Morgan fingerprint density at radius 1 is 1.43 bits per heavy atom. The third-order valence-corrected chi connectivity index (χ3v) is 4.25. The molecule has 0 unspecified atom stereocenters. The van der Waals surface area contributed by atoms with E-state index < -0.39 is 0 Å². The largest absolute Gasteiger partial charge is 0.322 e. The van der Waals surface area contributed by atoms with Crippen molar-refractivity contribution in [2.75, 3.05) is 0 Å². The molecule has 3 nitrogen and oxygen atoms in total. The highest BCUT2D eigenvalue weighted by atomic mass is 32.2. The van der Waals surface area contributed by atoms with Crippen molar-refractivity contribution in [2.24, 2.45) is 0 Å². The van der Waals surface area contributed by atoms with E-state index in [2.05, 4.69) is 24.9 Å². The molecule has 0 saturated carbocycles. The summed E-state index contributed by atoms with van der Waals surface area (Å²) >= 11 is 1.51. The maximum Gasteiger partial charge on any atom is 0.124 e. The van der Waals surface area contributed by atoms with Crippen LogP contribution in [0.3, 0.4) is 0 Å². The number of nitriles is 1. The van der Waals surface area contributed by atoms with Gasteiger partial charge in [0, 0.05) is 11.4 Å². The summed E-state index contributed by atoms with van der Waals surface area (Å²) in [5.41, 5.74) is 0.969. The van der Waals surface area contributed by atoms with Gasteiger partial charge in [-0.3, -0.25) is 0 Å². The molecule has 1 aromatic carbocycles. The molecule has 1 heterocycles. The Bertz CT molecular complexity index is 671. The topological polar surface area (TPSA) is 41.6 Å². The molecule has 0 fully saturated rings. The minimum atomic E-state index is -0.245. The fourth-order valence-electron chi connectivity index (χ4n) is 2.16. The van der Waals surface area contributed by atoms with Crippen molar-refractivity contribution in [1.29, 1.82) is 5.26 Å². The van der Waals surface area contributed by atoms with Crippen molar-refractivity contribution in [3.05, 3.63) is 41.6 Å². The Hall–Kier alpha value is -1.80. The van der Waals surface area contributed by atoms with Crippen LogP contribution in [0.1, 0.15) is 38.2 Å². The Morgan fingerprint density at radius 2 is 2.19 bits per heavy atom. The molecule has 2 aromatic rings. The molecule has 0 spiro atoms. The highest BCUT2D eigenvalue weighted by molar-refractivity contribution is 7.99. The number of aromatic nitrogens is 2. The summed E-state index contributed by atoms with van der Waals surface area (Å²) in [6.07, 6.45) is 0.289. The molecule has 1 aromatic heterocycles. The number of nitrogens with zero attached hydrogens (tertiary/aromatic N) is 3. The zero-order valence-corrected chi connectivity index (χ0v) is 13.2. The normalized spacial score (nSPS) is 10.9. The molecule has 0 aliphatic rings. The standard InChI is InChI=1S/C16H18FN3S/c1-4-20-14(8-9-18)19-15(11(2)3)16(20)21-13-7-5-6-12(17)10-13/h5-7,10-11H,4,8H2,1-3H3. The van der Waals surface area contributed by atoms with Crippen molar-refractivity contribution in [3.63, 3.8) is 0 Å². The second-order valence-electron chi connectivity index (χ2n) is 5.01. The van der Waals surface area contributed by atoms with Gasteiger partial charge in [0.2, 0.25) is 0 Å². The maximum absolute atomic E-state index is 13.4. The summed E-state index contributed by atoms with van der Waals surface area (Å²) in [5, 5.41) is 9.95. The molecule has 0 radical (unpaired) electrons. The first kappa shape index (κ1) is 15.6. The van der Waals surface area contributed by atoms with E-state index in [1.54, 1.807) is 6.07 Å². The van der Waals surface area contributed by atoms with Crippen molar-refractivity contribution in [1.82, 2.24) is 9.55 Å². The molecule has 2 rings (SSSR count). The molecule has 21 heavy (non-hydrogen) atoms. The predicted molar refractivity (Wildman–Crippen MR) is 81.8 cm³/mol. The smallest absolute Gasteiger partial charge is 0.124 e. The van der Waals surface area contributed by atoms with Gasteiger partial charge in [-0.25, -0.2) is 9.37 Å². The monoisotopic (exact) mass is 303 g/mol. The van der Waals surface area contributed by atoms with Gasteiger partial charge in [-0.05, 0) is 31.0 Å². The summed E-state index contributed by atoms with van der Waals surface area (Å²) in [5.74, 6) is 0.791. The van der Waals surface area contributed by atoms with Gasteiger partial charge in [0.05, 0.1) is 18.2 Å². The van der Waals surface area contributed by atoms with E-state index in [-0.39, 0.29) is 18.2 Å². The van der Waals surface area contributed by atoms with E-state index in [1.807, 2.05) is 17.6 Å². The van der Waals surface area contributed by atoms with E-state index in [0.717, 1.165) is 28.0 Å². The maximum atomic E-state index is 13.4. The molecule has 0 aliphatic carbocycles. The minimum Gasteiger partial charge on any atom is -0.322 e. The fourth-order valence-corrected chi connectivity index (χ4v) is 3.43. The second kappa shape index (κ2) is 6.77. The first-order valence-electron chi connectivity index (χ1n) is 6.96. The summed E-state index contributed by atoms with van der Waals surface area (Å²) in [4.78, 5) is 5.46. The zero-order chi connectivity index (χ0) is 15.4. The number of benzene rings is 1. The Labute approximate surface area is 128 Å². The number of imidazole rings is 1. The van der Waals surface area contributed by atoms with Crippen molar-refractivity contribution < 1.29 is 4.39 Å². The molecule has 0 saturated heterocycles. The summed E-state index contributed by atoms with van der Waals surface area (Å²) in [7, 11) is 0. The zero-order valence-electron chi connectivity index (χ0n) is 12.4. The third kappa shape index (κ3) is 3.45. The van der Waals surface area contributed by atoms with Crippen LogP contribution in [0, 0.1) is 17.1 Å². The molecule has 0 amide bonds. The number of halogens is 1. The van der Waals surface area contributed by atoms with Gasteiger partial charge in [-0.15, -0.1) is 0 Å². The molecule has 0 N–H and O–H groups in total. The van der Waals surface area contributed by atoms with E-state index in [9.17, 15) is 4.39 Å². The van der Waals surface area contributed by atoms with Gasteiger partial charge in [0.1, 0.15) is 16.7 Å². The van der Waals surface area contributed by atoms with Crippen LogP contribution in [-0.2, 0) is 13.0 Å². The lowest BCUT2D eigenvalue weighted by molar-refractivity contribution is 0.624. The average Bonchev–Trinajstić information content (AvgIpc) is 2.77. The molecular formula is C16H18FN3S. The Morgan fingerprint density at radius 3 is 2.76 bits per heavy atom. The molecule has 0 bridgehead atoms.